The van der Waals surface area contributed by atoms with E-state index in [2.05, 4.69) is 9.80 Å². The van der Waals surface area contributed by atoms with Gasteiger partial charge in [0.2, 0.25) is 5.76 Å². The van der Waals surface area contributed by atoms with E-state index in [-0.39, 0.29) is 34.6 Å². The number of carbonyl (C=O) groups is 1. The number of benzene rings is 1. The summed E-state index contributed by atoms with van der Waals surface area (Å²) in [4.78, 5) is 53.2. The number of piperazine rings is 1. The second kappa shape index (κ2) is 10.8. The van der Waals surface area contributed by atoms with Gasteiger partial charge in [0, 0.05) is 59.0 Å². The topological polar surface area (TPSA) is 116 Å². The van der Waals surface area contributed by atoms with Crippen molar-refractivity contribution in [3.63, 3.8) is 0 Å². The van der Waals surface area contributed by atoms with Gasteiger partial charge in [0.25, 0.3) is 5.56 Å². The van der Waals surface area contributed by atoms with E-state index in [4.69, 9.17) is 13.9 Å². The molecule has 0 aliphatic carbocycles. The summed E-state index contributed by atoms with van der Waals surface area (Å²) in [5, 5.41) is 0.291. The second-order valence-corrected chi connectivity index (χ2v) is 8.60. The molecule has 0 spiro atoms. The van der Waals surface area contributed by atoms with Crippen LogP contribution in [0.3, 0.4) is 0 Å². The smallest absolute Gasteiger partial charge is 0.374 e. The highest BCUT2D eigenvalue weighted by Crippen LogP contribution is 2.24. The van der Waals surface area contributed by atoms with E-state index in [1.54, 1.807) is 32.2 Å². The van der Waals surface area contributed by atoms with Crippen molar-refractivity contribution in [2.45, 2.75) is 13.3 Å². The van der Waals surface area contributed by atoms with Crippen LogP contribution in [0.25, 0.3) is 11.0 Å². The minimum atomic E-state index is -0.681. The second-order valence-electron chi connectivity index (χ2n) is 8.60. The molecule has 3 heterocycles. The highest BCUT2D eigenvalue weighted by Gasteiger charge is 2.20. The largest absolute Gasteiger partial charge is 0.493 e. The quantitative estimate of drug-likeness (QED) is 0.331. The first-order chi connectivity index (χ1) is 17.3. The molecule has 1 saturated heterocycles. The van der Waals surface area contributed by atoms with Gasteiger partial charge in [-0.1, -0.05) is 6.07 Å². The third kappa shape index (κ3) is 5.20. The summed E-state index contributed by atoms with van der Waals surface area (Å²) < 4.78 is 19.0. The molecule has 1 fully saturated rings. The van der Waals surface area contributed by atoms with Crippen LogP contribution >= 0.6 is 0 Å². The molecular formula is C25H30N4O7. The summed E-state index contributed by atoms with van der Waals surface area (Å²) in [5.74, 6) is 0.224. The number of ether oxygens (including phenoxy) is 2. The normalized spacial score (nSPS) is 14.2. The first kappa shape index (κ1) is 25.2. The van der Waals surface area contributed by atoms with Gasteiger partial charge in [-0.05, 0) is 25.5 Å². The Balaban J connectivity index is 1.32. The first-order valence-corrected chi connectivity index (χ1v) is 11.9. The van der Waals surface area contributed by atoms with Gasteiger partial charge in [0.05, 0.1) is 13.2 Å². The molecule has 0 unspecified atom stereocenters. The maximum absolute atomic E-state index is 12.6. The van der Waals surface area contributed by atoms with E-state index in [1.807, 2.05) is 0 Å². The molecule has 3 aromatic rings. The zero-order chi connectivity index (χ0) is 25.8. The fourth-order valence-electron chi connectivity index (χ4n) is 4.30. The van der Waals surface area contributed by atoms with Crippen molar-refractivity contribution < 1.29 is 18.7 Å². The lowest BCUT2D eigenvalue weighted by atomic mass is 10.2. The van der Waals surface area contributed by atoms with E-state index in [0.717, 1.165) is 36.7 Å². The molecule has 11 nitrogen and oxygen atoms in total. The van der Waals surface area contributed by atoms with Gasteiger partial charge in [-0.3, -0.25) is 23.6 Å². The first-order valence-electron chi connectivity index (χ1n) is 11.9. The molecule has 36 heavy (non-hydrogen) atoms. The predicted octanol–water partition coefficient (Wildman–Crippen LogP) is 0.958. The lowest BCUT2D eigenvalue weighted by molar-refractivity contribution is 0.0490. The number of hydrogen-bond acceptors (Lipinski definition) is 9. The standard InChI is InChI=1S/C25H30N4O7/c1-4-34-24(32)20-15-17(30)23-18(7-5-8-19(23)36-20)35-14-6-9-28-10-12-29(13-11-28)21-16-22(31)27(3)25(33)26(21)2/h5,7-8,15-16H,4,6,9-14H2,1-3H3. The zero-order valence-corrected chi connectivity index (χ0v) is 20.7. The van der Waals surface area contributed by atoms with Crippen LogP contribution in [0, 0.1) is 0 Å². The summed E-state index contributed by atoms with van der Waals surface area (Å²) in [6.45, 7) is 6.06. The van der Waals surface area contributed by atoms with Gasteiger partial charge >= 0.3 is 11.7 Å². The van der Waals surface area contributed by atoms with Crippen LogP contribution in [-0.2, 0) is 18.8 Å². The van der Waals surface area contributed by atoms with E-state index < -0.39 is 5.97 Å². The highest BCUT2D eigenvalue weighted by molar-refractivity contribution is 5.90. The van der Waals surface area contributed by atoms with Crippen molar-refractivity contribution in [1.29, 1.82) is 0 Å². The van der Waals surface area contributed by atoms with Crippen molar-refractivity contribution >= 4 is 22.8 Å². The average molecular weight is 499 g/mol. The van der Waals surface area contributed by atoms with E-state index >= 15 is 0 Å². The molecule has 0 bridgehead atoms. The number of anilines is 1. The van der Waals surface area contributed by atoms with E-state index in [0.29, 0.717) is 36.6 Å². The zero-order valence-electron chi connectivity index (χ0n) is 20.7. The summed E-state index contributed by atoms with van der Waals surface area (Å²) in [6.07, 6.45) is 0.743. The van der Waals surface area contributed by atoms with Crippen LogP contribution in [0.4, 0.5) is 5.82 Å². The third-order valence-electron chi connectivity index (χ3n) is 6.27. The number of esters is 1. The van der Waals surface area contributed by atoms with Crippen LogP contribution in [0.5, 0.6) is 5.75 Å². The number of aromatic nitrogens is 2. The van der Waals surface area contributed by atoms with E-state index in [9.17, 15) is 19.2 Å². The maximum atomic E-state index is 12.6. The molecular weight excluding hydrogens is 468 g/mol. The van der Waals surface area contributed by atoms with Crippen LogP contribution < -0.4 is 26.3 Å². The van der Waals surface area contributed by atoms with Gasteiger partial charge in [-0.2, -0.15) is 0 Å². The van der Waals surface area contributed by atoms with Crippen LogP contribution in [0.15, 0.2) is 49.1 Å². The lowest BCUT2D eigenvalue weighted by Crippen LogP contribution is -2.49. The highest BCUT2D eigenvalue weighted by atomic mass is 16.5. The monoisotopic (exact) mass is 498 g/mol. The molecule has 2 aromatic heterocycles. The van der Waals surface area contributed by atoms with Crippen LogP contribution in [0.1, 0.15) is 23.9 Å². The van der Waals surface area contributed by atoms with Crippen LogP contribution in [-0.4, -0.2) is 65.9 Å². The minimum Gasteiger partial charge on any atom is -0.493 e. The Labute approximate surface area is 207 Å². The molecule has 1 aliphatic rings. The molecule has 1 aliphatic heterocycles. The Morgan fingerprint density at radius 1 is 1.03 bits per heavy atom. The predicted molar refractivity (Wildman–Crippen MR) is 134 cm³/mol. The molecule has 0 radical (unpaired) electrons. The van der Waals surface area contributed by atoms with Gasteiger partial charge < -0.3 is 18.8 Å². The summed E-state index contributed by atoms with van der Waals surface area (Å²) in [5.41, 5.74) is -0.746. The van der Waals surface area contributed by atoms with E-state index in [1.165, 1.54) is 17.7 Å². The molecule has 4 rings (SSSR count). The van der Waals surface area contributed by atoms with Crippen molar-refractivity contribution in [2.75, 3.05) is 50.8 Å². The van der Waals surface area contributed by atoms with Crippen molar-refractivity contribution in [3.8, 4) is 5.75 Å². The number of hydrogen-bond donors (Lipinski definition) is 0. The number of carbonyl (C=O) groups excluding carboxylic acids is 1. The Hall–Kier alpha value is -3.86. The minimum absolute atomic E-state index is 0.137. The fraction of sp³-hybridized carbons (Fsp3) is 0.440. The Kier molecular flexibility index (Phi) is 7.58. The van der Waals surface area contributed by atoms with Crippen molar-refractivity contribution in [1.82, 2.24) is 14.0 Å². The van der Waals surface area contributed by atoms with Crippen molar-refractivity contribution in [3.05, 3.63) is 67.2 Å². The molecule has 1 aromatic carbocycles. The molecule has 0 amide bonds. The Morgan fingerprint density at radius 3 is 2.50 bits per heavy atom. The molecule has 0 saturated carbocycles. The number of fused-ring (bicyclic) bond motifs is 1. The number of rotatable bonds is 8. The third-order valence-corrected chi connectivity index (χ3v) is 6.27. The van der Waals surface area contributed by atoms with Gasteiger partial charge in [-0.15, -0.1) is 0 Å². The van der Waals surface area contributed by atoms with Gasteiger partial charge in [0.15, 0.2) is 5.43 Å². The Bertz CT molecular complexity index is 1430. The molecule has 192 valence electrons. The molecule has 0 atom stereocenters. The number of nitrogens with zero attached hydrogens (tertiary/aromatic N) is 4. The van der Waals surface area contributed by atoms with Crippen molar-refractivity contribution in [2.24, 2.45) is 14.1 Å². The maximum Gasteiger partial charge on any atom is 0.374 e. The molecule has 11 heteroatoms. The summed E-state index contributed by atoms with van der Waals surface area (Å²) >= 11 is 0. The molecule has 0 N–H and O–H groups in total. The Morgan fingerprint density at radius 2 is 1.78 bits per heavy atom. The van der Waals surface area contributed by atoms with Gasteiger partial charge in [-0.25, -0.2) is 9.59 Å². The van der Waals surface area contributed by atoms with Crippen LogP contribution in [0.2, 0.25) is 0 Å². The van der Waals surface area contributed by atoms with Gasteiger partial charge in [0.1, 0.15) is 22.5 Å². The fourth-order valence-corrected chi connectivity index (χ4v) is 4.30. The summed E-state index contributed by atoms with van der Waals surface area (Å²) in [7, 11) is 3.15. The lowest BCUT2D eigenvalue weighted by Gasteiger charge is -2.36. The SMILES string of the molecule is CCOC(=O)c1cc(=O)c2c(OCCCN3CCN(c4cc(=O)n(C)c(=O)n4C)CC3)cccc2o1. The summed E-state index contributed by atoms with van der Waals surface area (Å²) in [6, 6.07) is 7.66. The average Bonchev–Trinajstić information content (AvgIpc) is 2.88.